The molecule has 2 aromatic rings. The molecule has 5 nitrogen and oxygen atoms in total. The van der Waals surface area contributed by atoms with Gasteiger partial charge in [0.05, 0.1) is 19.5 Å². The minimum atomic E-state index is -1.22. The van der Waals surface area contributed by atoms with Gasteiger partial charge >= 0.3 is 0 Å². The van der Waals surface area contributed by atoms with E-state index in [1.54, 1.807) is 25.3 Å². The summed E-state index contributed by atoms with van der Waals surface area (Å²) in [5, 5.41) is 13.4. The average Bonchev–Trinajstić information content (AvgIpc) is 2.54. The van der Waals surface area contributed by atoms with Crippen molar-refractivity contribution in [3.8, 4) is 5.75 Å². The highest BCUT2D eigenvalue weighted by atomic mass is 16.5. The lowest BCUT2D eigenvalue weighted by Gasteiger charge is -2.09. The van der Waals surface area contributed by atoms with Gasteiger partial charge in [-0.05, 0) is 17.2 Å². The first-order valence-corrected chi connectivity index (χ1v) is 6.79. The van der Waals surface area contributed by atoms with Crippen molar-refractivity contribution < 1.29 is 19.4 Å². The molecule has 0 aliphatic heterocycles. The number of carboxylic acid groups (broad SMARTS) is 1. The zero-order valence-corrected chi connectivity index (χ0v) is 12.2. The minimum absolute atomic E-state index is 0.115. The molecule has 5 heteroatoms. The Morgan fingerprint density at radius 1 is 1.09 bits per heavy atom. The zero-order valence-electron chi connectivity index (χ0n) is 12.2. The van der Waals surface area contributed by atoms with Crippen molar-refractivity contribution in [1.29, 1.82) is 0 Å². The summed E-state index contributed by atoms with van der Waals surface area (Å²) in [5.74, 6) is -0.670. The second-order valence-electron chi connectivity index (χ2n) is 4.75. The van der Waals surface area contributed by atoms with E-state index in [1.807, 2.05) is 18.2 Å². The van der Waals surface area contributed by atoms with Crippen molar-refractivity contribution in [3.05, 3.63) is 65.2 Å². The lowest BCUT2D eigenvalue weighted by Crippen LogP contribution is -2.25. The van der Waals surface area contributed by atoms with Gasteiger partial charge in [-0.2, -0.15) is 0 Å². The van der Waals surface area contributed by atoms with Crippen LogP contribution in [-0.2, 0) is 17.8 Å². The number of hydrogen-bond donors (Lipinski definition) is 1. The molecule has 2 aromatic carbocycles. The van der Waals surface area contributed by atoms with Gasteiger partial charge in [0.25, 0.3) is 0 Å². The maximum Gasteiger partial charge on any atom is 0.224 e. The fourth-order valence-electron chi connectivity index (χ4n) is 2.04. The van der Waals surface area contributed by atoms with Gasteiger partial charge in [-0.1, -0.05) is 42.5 Å². The normalized spacial score (nSPS) is 10.0. The molecule has 0 aliphatic carbocycles. The first-order chi connectivity index (χ1) is 10.6. The Labute approximate surface area is 128 Å². The number of methoxy groups -OCH3 is 1. The van der Waals surface area contributed by atoms with Gasteiger partial charge < -0.3 is 20.0 Å². The van der Waals surface area contributed by atoms with Gasteiger partial charge in [0.2, 0.25) is 5.91 Å². The van der Waals surface area contributed by atoms with Crippen LogP contribution in [0.3, 0.4) is 0 Å². The number of hydrogen-bond acceptors (Lipinski definition) is 4. The summed E-state index contributed by atoms with van der Waals surface area (Å²) < 4.78 is 5.20. The third-order valence-corrected chi connectivity index (χ3v) is 3.22. The lowest BCUT2D eigenvalue weighted by atomic mass is 10.1. The maximum atomic E-state index is 12.0. The quantitative estimate of drug-likeness (QED) is 0.860. The SMILES string of the molecule is COc1ccccc1CC(=O)NCc1ccc(C(=O)[O-])cc1. The van der Waals surface area contributed by atoms with Crippen molar-refractivity contribution in [2.24, 2.45) is 0 Å². The predicted octanol–water partition coefficient (Wildman–Crippen LogP) is 0.918. The van der Waals surface area contributed by atoms with Gasteiger partial charge in [-0.15, -0.1) is 0 Å². The van der Waals surface area contributed by atoms with Crippen LogP contribution in [0, 0.1) is 0 Å². The lowest BCUT2D eigenvalue weighted by molar-refractivity contribution is -0.255. The van der Waals surface area contributed by atoms with Crippen LogP contribution < -0.4 is 15.2 Å². The van der Waals surface area contributed by atoms with Crippen LogP contribution in [0.4, 0.5) is 0 Å². The molecule has 0 saturated heterocycles. The first-order valence-electron chi connectivity index (χ1n) is 6.79. The van der Waals surface area contributed by atoms with E-state index in [0.29, 0.717) is 12.3 Å². The standard InChI is InChI=1S/C17H17NO4/c1-22-15-5-3-2-4-14(15)10-16(19)18-11-12-6-8-13(9-7-12)17(20)21/h2-9H,10-11H2,1H3,(H,18,19)(H,20,21)/p-1. The minimum Gasteiger partial charge on any atom is -0.545 e. The average molecular weight is 298 g/mol. The Morgan fingerprint density at radius 2 is 1.77 bits per heavy atom. The van der Waals surface area contributed by atoms with Crippen LogP contribution in [0.5, 0.6) is 5.75 Å². The third kappa shape index (κ3) is 4.09. The topological polar surface area (TPSA) is 78.5 Å². The summed E-state index contributed by atoms with van der Waals surface area (Å²) in [4.78, 5) is 22.6. The van der Waals surface area contributed by atoms with Crippen LogP contribution in [0.15, 0.2) is 48.5 Å². The van der Waals surface area contributed by atoms with Gasteiger partial charge in [0, 0.05) is 12.1 Å². The Hall–Kier alpha value is -2.82. The molecule has 1 N–H and O–H groups in total. The number of carbonyl (C=O) groups is 2. The molecule has 0 saturated carbocycles. The second kappa shape index (κ2) is 7.26. The van der Waals surface area contributed by atoms with E-state index in [0.717, 1.165) is 11.1 Å². The number of aromatic carboxylic acids is 1. The number of carbonyl (C=O) groups excluding carboxylic acids is 2. The zero-order chi connectivity index (χ0) is 15.9. The number of amides is 1. The van der Waals surface area contributed by atoms with E-state index in [4.69, 9.17) is 4.74 Å². The molecule has 0 heterocycles. The Bertz CT molecular complexity index is 665. The van der Waals surface area contributed by atoms with Crippen molar-refractivity contribution >= 4 is 11.9 Å². The molecule has 0 spiro atoms. The number of rotatable bonds is 6. The molecule has 0 fully saturated rings. The highest BCUT2D eigenvalue weighted by Gasteiger charge is 2.07. The highest BCUT2D eigenvalue weighted by molar-refractivity contribution is 5.85. The largest absolute Gasteiger partial charge is 0.545 e. The monoisotopic (exact) mass is 298 g/mol. The summed E-state index contributed by atoms with van der Waals surface area (Å²) in [6.07, 6.45) is 0.223. The molecule has 0 bridgehead atoms. The highest BCUT2D eigenvalue weighted by Crippen LogP contribution is 2.17. The third-order valence-electron chi connectivity index (χ3n) is 3.22. The molecule has 0 aliphatic rings. The van der Waals surface area contributed by atoms with E-state index in [-0.39, 0.29) is 17.9 Å². The molecule has 0 radical (unpaired) electrons. The van der Waals surface area contributed by atoms with Gasteiger partial charge in [0.1, 0.15) is 5.75 Å². The molecular weight excluding hydrogens is 282 g/mol. The molecule has 0 atom stereocenters. The fraction of sp³-hybridized carbons (Fsp3) is 0.176. The van der Waals surface area contributed by atoms with Crippen LogP contribution in [0.2, 0.25) is 0 Å². The van der Waals surface area contributed by atoms with Gasteiger partial charge in [0.15, 0.2) is 0 Å². The van der Waals surface area contributed by atoms with Crippen molar-refractivity contribution in [2.75, 3.05) is 7.11 Å². The fourth-order valence-corrected chi connectivity index (χ4v) is 2.04. The van der Waals surface area contributed by atoms with E-state index in [2.05, 4.69) is 5.32 Å². The molecule has 114 valence electrons. The molecule has 22 heavy (non-hydrogen) atoms. The van der Waals surface area contributed by atoms with Crippen LogP contribution in [-0.4, -0.2) is 19.0 Å². The van der Waals surface area contributed by atoms with E-state index >= 15 is 0 Å². The predicted molar refractivity (Wildman–Crippen MR) is 79.3 cm³/mol. The maximum absolute atomic E-state index is 12.0. The smallest absolute Gasteiger partial charge is 0.224 e. The Morgan fingerprint density at radius 3 is 2.41 bits per heavy atom. The number of benzene rings is 2. The number of nitrogens with one attached hydrogen (secondary N) is 1. The molecule has 2 rings (SSSR count). The summed E-state index contributed by atoms with van der Waals surface area (Å²) in [6, 6.07) is 13.5. The summed E-state index contributed by atoms with van der Waals surface area (Å²) in [5.41, 5.74) is 1.75. The number of carboxylic acids is 1. The van der Waals surface area contributed by atoms with E-state index in [9.17, 15) is 14.7 Å². The number of ether oxygens (including phenoxy) is 1. The van der Waals surface area contributed by atoms with Gasteiger partial charge in [-0.3, -0.25) is 4.79 Å². The second-order valence-corrected chi connectivity index (χ2v) is 4.75. The molecule has 1 amide bonds. The molecule has 0 aromatic heterocycles. The Balaban J connectivity index is 1.91. The summed E-state index contributed by atoms with van der Waals surface area (Å²) in [7, 11) is 1.57. The van der Waals surface area contributed by atoms with Crippen molar-refractivity contribution in [2.45, 2.75) is 13.0 Å². The summed E-state index contributed by atoms with van der Waals surface area (Å²) >= 11 is 0. The van der Waals surface area contributed by atoms with Crippen LogP contribution in [0.25, 0.3) is 0 Å². The summed E-state index contributed by atoms with van der Waals surface area (Å²) in [6.45, 7) is 0.335. The molecule has 0 unspecified atom stereocenters. The first kappa shape index (κ1) is 15.6. The molecular formula is C17H16NO4-. The van der Waals surface area contributed by atoms with E-state index < -0.39 is 5.97 Å². The van der Waals surface area contributed by atoms with Crippen LogP contribution in [0.1, 0.15) is 21.5 Å². The van der Waals surface area contributed by atoms with Crippen LogP contribution >= 0.6 is 0 Å². The van der Waals surface area contributed by atoms with E-state index in [1.165, 1.54) is 12.1 Å². The van der Waals surface area contributed by atoms with Crippen molar-refractivity contribution in [1.82, 2.24) is 5.32 Å². The van der Waals surface area contributed by atoms with Gasteiger partial charge in [-0.25, -0.2) is 0 Å². The Kier molecular flexibility index (Phi) is 5.14. The van der Waals surface area contributed by atoms with Crippen molar-refractivity contribution in [3.63, 3.8) is 0 Å². The number of para-hydroxylation sites is 1.